The van der Waals surface area contributed by atoms with Crippen LogP contribution in [0.3, 0.4) is 0 Å². The number of hydrogen-bond acceptors (Lipinski definition) is 3. The van der Waals surface area contributed by atoms with Crippen molar-refractivity contribution in [3.63, 3.8) is 0 Å². The van der Waals surface area contributed by atoms with Crippen molar-refractivity contribution < 1.29 is 0 Å². The zero-order chi connectivity index (χ0) is 11.8. The molecular weight excluding hydrogens is 220 g/mol. The van der Waals surface area contributed by atoms with Crippen molar-refractivity contribution in [3.05, 3.63) is 34.7 Å². The molecule has 3 nitrogen and oxygen atoms in total. The Bertz CT molecular complexity index is 351. The minimum absolute atomic E-state index is 0.0708. The van der Waals surface area contributed by atoms with Crippen LogP contribution in [-0.4, -0.2) is 29.7 Å². The number of nitrogens with zero attached hydrogens (tertiary/aromatic N) is 1. The van der Waals surface area contributed by atoms with Gasteiger partial charge in [0.1, 0.15) is 0 Å². The van der Waals surface area contributed by atoms with Gasteiger partial charge in [0.2, 0.25) is 0 Å². The first kappa shape index (κ1) is 13.3. The standard InChI is InChI=1S/C12H20N2OS/c1-11(10-16-2)9-13-6-8-14-7-4-3-5-12(14)15/h3-5,7,11,13H,6,8-10H2,1-2H3. The number of aromatic nitrogens is 1. The van der Waals surface area contributed by atoms with Gasteiger partial charge in [0.05, 0.1) is 0 Å². The molecule has 4 heteroatoms. The van der Waals surface area contributed by atoms with Crippen molar-refractivity contribution in [1.82, 2.24) is 9.88 Å². The van der Waals surface area contributed by atoms with Crippen molar-refractivity contribution in [2.45, 2.75) is 13.5 Å². The predicted molar refractivity (Wildman–Crippen MR) is 71.1 cm³/mol. The topological polar surface area (TPSA) is 34.0 Å². The molecular formula is C12H20N2OS. The van der Waals surface area contributed by atoms with Crippen molar-refractivity contribution in [3.8, 4) is 0 Å². The largest absolute Gasteiger partial charge is 0.315 e. The third kappa shape index (κ3) is 4.86. The molecule has 0 amide bonds. The fourth-order valence-corrected chi connectivity index (χ4v) is 2.22. The van der Waals surface area contributed by atoms with E-state index in [0.717, 1.165) is 19.6 Å². The van der Waals surface area contributed by atoms with Crippen LogP contribution in [0.25, 0.3) is 0 Å². The van der Waals surface area contributed by atoms with E-state index in [1.54, 1.807) is 16.7 Å². The number of pyridine rings is 1. The van der Waals surface area contributed by atoms with E-state index in [1.807, 2.05) is 24.0 Å². The first-order valence-corrected chi connectivity index (χ1v) is 6.98. The molecule has 0 aliphatic carbocycles. The number of thioether (sulfide) groups is 1. The Morgan fingerprint density at radius 2 is 2.31 bits per heavy atom. The summed E-state index contributed by atoms with van der Waals surface area (Å²) in [6, 6.07) is 5.25. The van der Waals surface area contributed by atoms with Crippen LogP contribution in [0.5, 0.6) is 0 Å². The maximum Gasteiger partial charge on any atom is 0.250 e. The van der Waals surface area contributed by atoms with Gasteiger partial charge in [-0.1, -0.05) is 13.0 Å². The summed E-state index contributed by atoms with van der Waals surface area (Å²) in [5, 5.41) is 3.37. The molecule has 0 aromatic carbocycles. The van der Waals surface area contributed by atoms with E-state index in [1.165, 1.54) is 5.75 Å². The molecule has 16 heavy (non-hydrogen) atoms. The average Bonchev–Trinajstić information content (AvgIpc) is 2.27. The summed E-state index contributed by atoms with van der Waals surface area (Å²) < 4.78 is 1.73. The molecule has 1 unspecified atom stereocenters. The smallest absolute Gasteiger partial charge is 0.250 e. The second-order valence-corrected chi connectivity index (χ2v) is 4.91. The molecule has 0 fully saturated rings. The van der Waals surface area contributed by atoms with E-state index in [0.29, 0.717) is 5.92 Å². The molecule has 1 heterocycles. The summed E-state index contributed by atoms with van der Waals surface area (Å²) in [5.41, 5.74) is 0.0708. The van der Waals surface area contributed by atoms with Gasteiger partial charge < -0.3 is 9.88 Å². The molecule has 1 N–H and O–H groups in total. The summed E-state index contributed by atoms with van der Waals surface area (Å²) >= 11 is 1.87. The van der Waals surface area contributed by atoms with Gasteiger partial charge in [-0.25, -0.2) is 0 Å². The van der Waals surface area contributed by atoms with E-state index < -0.39 is 0 Å². The Kier molecular flexibility index (Phi) is 6.26. The van der Waals surface area contributed by atoms with Crippen LogP contribution in [0.15, 0.2) is 29.2 Å². The van der Waals surface area contributed by atoms with Crippen molar-refractivity contribution in [2.24, 2.45) is 5.92 Å². The first-order chi connectivity index (χ1) is 7.74. The van der Waals surface area contributed by atoms with Crippen LogP contribution in [0, 0.1) is 5.92 Å². The molecule has 0 radical (unpaired) electrons. The molecule has 0 aliphatic heterocycles. The Morgan fingerprint density at radius 3 is 3.00 bits per heavy atom. The lowest BCUT2D eigenvalue weighted by Crippen LogP contribution is -2.29. The average molecular weight is 240 g/mol. The SMILES string of the molecule is CSCC(C)CNCCn1ccccc1=O. The molecule has 0 saturated heterocycles. The zero-order valence-corrected chi connectivity index (χ0v) is 10.8. The zero-order valence-electron chi connectivity index (χ0n) is 9.98. The molecule has 1 atom stereocenters. The van der Waals surface area contributed by atoms with Crippen molar-refractivity contribution in [1.29, 1.82) is 0 Å². The second-order valence-electron chi connectivity index (χ2n) is 4.00. The Labute approximate surface area is 101 Å². The van der Waals surface area contributed by atoms with Crippen LogP contribution < -0.4 is 10.9 Å². The maximum absolute atomic E-state index is 11.4. The van der Waals surface area contributed by atoms with Crippen LogP contribution in [-0.2, 0) is 6.54 Å². The van der Waals surface area contributed by atoms with Gasteiger partial charge in [0.25, 0.3) is 5.56 Å². The van der Waals surface area contributed by atoms with E-state index in [4.69, 9.17) is 0 Å². The third-order valence-electron chi connectivity index (χ3n) is 2.37. The summed E-state index contributed by atoms with van der Waals surface area (Å²) in [6.45, 7) is 4.84. The lowest BCUT2D eigenvalue weighted by Gasteiger charge is -2.11. The number of hydrogen-bond donors (Lipinski definition) is 1. The normalized spacial score (nSPS) is 12.6. The fraction of sp³-hybridized carbons (Fsp3) is 0.583. The van der Waals surface area contributed by atoms with Crippen LogP contribution in [0.4, 0.5) is 0 Å². The lowest BCUT2D eigenvalue weighted by molar-refractivity contribution is 0.524. The summed E-state index contributed by atoms with van der Waals surface area (Å²) in [7, 11) is 0. The van der Waals surface area contributed by atoms with Gasteiger partial charge in [-0.15, -0.1) is 0 Å². The van der Waals surface area contributed by atoms with E-state index >= 15 is 0 Å². The minimum atomic E-state index is 0.0708. The molecule has 1 rings (SSSR count). The quantitative estimate of drug-likeness (QED) is 0.732. The first-order valence-electron chi connectivity index (χ1n) is 5.59. The lowest BCUT2D eigenvalue weighted by atomic mass is 10.2. The van der Waals surface area contributed by atoms with Gasteiger partial charge in [-0.05, 0) is 30.5 Å². The molecule has 1 aromatic heterocycles. The highest BCUT2D eigenvalue weighted by atomic mass is 32.2. The summed E-state index contributed by atoms with van der Waals surface area (Å²) in [5.74, 6) is 1.86. The van der Waals surface area contributed by atoms with Crippen LogP contribution in [0.2, 0.25) is 0 Å². The summed E-state index contributed by atoms with van der Waals surface area (Å²) in [6.07, 6.45) is 3.95. The Morgan fingerprint density at radius 1 is 1.50 bits per heavy atom. The van der Waals surface area contributed by atoms with Gasteiger partial charge in [0.15, 0.2) is 0 Å². The van der Waals surface area contributed by atoms with Gasteiger partial charge in [0, 0.05) is 25.4 Å². The summed E-state index contributed by atoms with van der Waals surface area (Å²) in [4.78, 5) is 11.4. The van der Waals surface area contributed by atoms with Gasteiger partial charge in [-0.3, -0.25) is 4.79 Å². The molecule has 1 aromatic rings. The monoisotopic (exact) mass is 240 g/mol. The van der Waals surface area contributed by atoms with Crippen molar-refractivity contribution in [2.75, 3.05) is 25.1 Å². The maximum atomic E-state index is 11.4. The fourth-order valence-electron chi connectivity index (χ4n) is 1.54. The predicted octanol–water partition coefficient (Wildman–Crippen LogP) is 1.44. The molecule has 0 spiro atoms. The van der Waals surface area contributed by atoms with E-state index in [9.17, 15) is 4.79 Å². The number of nitrogens with one attached hydrogen (secondary N) is 1. The van der Waals surface area contributed by atoms with Gasteiger partial charge in [-0.2, -0.15) is 11.8 Å². The molecule has 0 bridgehead atoms. The van der Waals surface area contributed by atoms with E-state index in [-0.39, 0.29) is 5.56 Å². The Hall–Kier alpha value is -0.740. The van der Waals surface area contributed by atoms with Crippen molar-refractivity contribution >= 4 is 11.8 Å². The molecule has 0 aliphatic rings. The van der Waals surface area contributed by atoms with Crippen LogP contribution in [0.1, 0.15) is 6.92 Å². The minimum Gasteiger partial charge on any atom is -0.315 e. The molecule has 0 saturated carbocycles. The molecule has 90 valence electrons. The third-order valence-corrected chi connectivity index (χ3v) is 3.27. The number of rotatable bonds is 7. The van der Waals surface area contributed by atoms with Crippen LogP contribution >= 0.6 is 11.8 Å². The Balaban J connectivity index is 2.21. The highest BCUT2D eigenvalue weighted by Crippen LogP contribution is 2.02. The second kappa shape index (κ2) is 7.52. The highest BCUT2D eigenvalue weighted by Gasteiger charge is 1.99. The van der Waals surface area contributed by atoms with Gasteiger partial charge >= 0.3 is 0 Å². The highest BCUT2D eigenvalue weighted by molar-refractivity contribution is 7.98. The van der Waals surface area contributed by atoms with E-state index in [2.05, 4.69) is 18.5 Å².